The van der Waals surface area contributed by atoms with Gasteiger partial charge in [0.05, 0.1) is 27.7 Å². The zero-order valence-corrected chi connectivity index (χ0v) is 7.76. The van der Waals surface area contributed by atoms with Crippen molar-refractivity contribution in [1.82, 2.24) is 0 Å². The van der Waals surface area contributed by atoms with Crippen LogP contribution in [0, 0.1) is 0 Å². The van der Waals surface area contributed by atoms with Crippen molar-refractivity contribution in [3.63, 3.8) is 0 Å². The Bertz CT molecular complexity index is 107. The van der Waals surface area contributed by atoms with Crippen LogP contribution in [0.5, 0.6) is 0 Å². The van der Waals surface area contributed by atoms with Gasteiger partial charge in [-0.05, 0) is 0 Å². The fourth-order valence-electron chi connectivity index (χ4n) is 0.300. The molecule has 0 aliphatic carbocycles. The lowest BCUT2D eigenvalue weighted by Crippen LogP contribution is -2.36. The topological polar surface area (TPSA) is 60.4 Å². The van der Waals surface area contributed by atoms with Gasteiger partial charge in [-0.15, -0.1) is 0 Å². The molecule has 0 saturated carbocycles. The molecule has 0 fully saturated rings. The molecule has 0 spiro atoms. The van der Waals surface area contributed by atoms with Crippen LogP contribution < -0.4 is 5.11 Å². The maximum absolute atomic E-state index is 8.65. The van der Waals surface area contributed by atoms with Crippen molar-refractivity contribution < 1.29 is 19.5 Å². The lowest BCUT2D eigenvalue weighted by Gasteiger charge is -2.21. The molecule has 0 rings (SSSR count). The Labute approximate surface area is 71.6 Å². The fourth-order valence-corrected chi connectivity index (χ4v) is 0.300. The minimum absolute atomic E-state index is 0.281. The molecule has 0 atom stereocenters. The van der Waals surface area contributed by atoms with Crippen molar-refractivity contribution in [1.29, 1.82) is 0 Å². The van der Waals surface area contributed by atoms with E-state index in [0.717, 1.165) is 11.0 Å². The number of carboxylic acid groups (broad SMARTS) is 1. The van der Waals surface area contributed by atoms with Gasteiger partial charge in [0.2, 0.25) is 0 Å². The van der Waals surface area contributed by atoms with Gasteiger partial charge < -0.3 is 19.5 Å². The zero-order chi connectivity index (χ0) is 9.49. The van der Waals surface area contributed by atoms with Crippen LogP contribution in [-0.2, 0) is 0 Å². The molecule has 0 bridgehead atoms. The van der Waals surface area contributed by atoms with Gasteiger partial charge >= 0.3 is 0 Å². The molecule has 4 nitrogen and oxygen atoms in total. The van der Waals surface area contributed by atoms with E-state index in [1.165, 1.54) is 0 Å². The van der Waals surface area contributed by atoms with Crippen LogP contribution in [0.1, 0.15) is 0 Å². The number of carbonyl (C=O) groups is 1. The summed E-state index contributed by atoms with van der Waals surface area (Å²) in [6.45, 7) is 1.11. The van der Waals surface area contributed by atoms with Crippen LogP contribution in [0.15, 0.2) is 0 Å². The summed E-state index contributed by atoms with van der Waals surface area (Å²) in [5.41, 5.74) is -1.61. The van der Waals surface area contributed by atoms with E-state index < -0.39 is 5.43 Å². The predicted molar refractivity (Wildman–Crippen MR) is 41.2 cm³/mol. The highest BCUT2D eigenvalue weighted by Gasteiger charge is 2.02. The molecule has 1 N–H and O–H groups in total. The molecule has 0 aliphatic rings. The predicted octanol–water partition coefficient (Wildman–Crippen LogP) is -0.747. The standard InChI is InChI=1S/C5H14NO.CHClO2/c1-6(2,3)4-5-7;2-1(3)4/h7H,4-5H2,1-3H3;(H,3,4)/q+1;/p-1. The Morgan fingerprint density at radius 2 is 1.82 bits per heavy atom. The van der Waals surface area contributed by atoms with Crippen LogP contribution in [0.4, 0.5) is 4.79 Å². The van der Waals surface area contributed by atoms with E-state index in [-0.39, 0.29) is 6.61 Å². The van der Waals surface area contributed by atoms with E-state index in [9.17, 15) is 0 Å². The Hall–Kier alpha value is -0.320. The van der Waals surface area contributed by atoms with Crippen LogP contribution >= 0.6 is 11.6 Å². The lowest BCUT2D eigenvalue weighted by atomic mass is 10.5. The number of quaternary nitrogens is 1. The van der Waals surface area contributed by atoms with Gasteiger partial charge in [0.25, 0.3) is 0 Å². The second kappa shape index (κ2) is 6.39. The van der Waals surface area contributed by atoms with E-state index in [1.54, 1.807) is 0 Å². The summed E-state index contributed by atoms with van der Waals surface area (Å²) in [5, 5.41) is 17.0. The Balaban J connectivity index is 0. The number of hydrogen-bond donors (Lipinski definition) is 1. The molecule has 0 aromatic carbocycles. The molecule has 11 heavy (non-hydrogen) atoms. The normalized spacial score (nSPS) is 9.91. The summed E-state index contributed by atoms with van der Waals surface area (Å²) in [6.07, 6.45) is 0. The summed E-state index contributed by atoms with van der Waals surface area (Å²) in [5.74, 6) is 0. The summed E-state index contributed by atoms with van der Waals surface area (Å²) in [4.78, 5) is 8.65. The summed E-state index contributed by atoms with van der Waals surface area (Å²) in [7, 11) is 6.16. The fraction of sp³-hybridized carbons (Fsp3) is 0.833. The molecule has 0 saturated heterocycles. The molecule has 68 valence electrons. The van der Waals surface area contributed by atoms with Crippen LogP contribution in [0.3, 0.4) is 0 Å². The lowest BCUT2D eigenvalue weighted by molar-refractivity contribution is -0.870. The third-order valence-electron chi connectivity index (χ3n) is 0.771. The maximum Gasteiger partial charge on any atom is 0.134 e. The van der Waals surface area contributed by atoms with E-state index in [2.05, 4.69) is 32.7 Å². The van der Waals surface area contributed by atoms with Crippen LogP contribution in [0.25, 0.3) is 0 Å². The highest BCUT2D eigenvalue weighted by Crippen LogP contribution is 1.84. The Morgan fingerprint density at radius 1 is 1.55 bits per heavy atom. The number of hydrogen-bond acceptors (Lipinski definition) is 3. The number of aliphatic hydroxyl groups is 1. The minimum atomic E-state index is -1.61. The largest absolute Gasteiger partial charge is 0.534 e. The first kappa shape index (κ1) is 13.3. The number of carbonyl (C=O) groups excluding carboxylic acids is 1. The minimum Gasteiger partial charge on any atom is -0.534 e. The zero-order valence-electron chi connectivity index (χ0n) is 7.00. The Morgan fingerprint density at radius 3 is 1.82 bits per heavy atom. The number of rotatable bonds is 2. The molecule has 0 aliphatic heterocycles. The first-order valence-electron chi connectivity index (χ1n) is 3.07. The van der Waals surface area contributed by atoms with Gasteiger partial charge in [-0.2, -0.15) is 0 Å². The van der Waals surface area contributed by atoms with Gasteiger partial charge in [-0.25, -0.2) is 0 Å². The SMILES string of the molecule is C[N+](C)(C)CCO.O=C([O-])Cl. The molecular formula is C6H14ClNO3. The molecule has 0 aromatic rings. The first-order chi connectivity index (χ1) is 4.79. The third-order valence-corrected chi connectivity index (χ3v) is 0.771. The smallest absolute Gasteiger partial charge is 0.134 e. The van der Waals surface area contributed by atoms with Gasteiger partial charge in [0.1, 0.15) is 12.0 Å². The second-order valence-corrected chi connectivity index (χ2v) is 3.28. The molecule has 0 aromatic heterocycles. The summed E-state index contributed by atoms with van der Waals surface area (Å²) < 4.78 is 0.844. The highest BCUT2D eigenvalue weighted by molar-refractivity contribution is 6.59. The number of likely N-dealkylation sites (N-methyl/N-ethyl adjacent to an activating group) is 1. The quantitative estimate of drug-likeness (QED) is 0.453. The number of aliphatic hydroxyl groups excluding tert-OH is 1. The average Bonchev–Trinajstić information content (AvgIpc) is 1.58. The number of halogens is 1. The van der Waals surface area contributed by atoms with Crippen molar-refractivity contribution >= 4 is 17.0 Å². The van der Waals surface area contributed by atoms with E-state index in [4.69, 9.17) is 15.0 Å². The van der Waals surface area contributed by atoms with Crippen LogP contribution in [-0.4, -0.2) is 49.3 Å². The van der Waals surface area contributed by atoms with Crippen LogP contribution in [0.2, 0.25) is 0 Å². The molecule has 0 unspecified atom stereocenters. The van der Waals surface area contributed by atoms with Crippen molar-refractivity contribution in [3.05, 3.63) is 0 Å². The van der Waals surface area contributed by atoms with E-state index >= 15 is 0 Å². The summed E-state index contributed by atoms with van der Waals surface area (Å²) in [6, 6.07) is 0. The summed E-state index contributed by atoms with van der Waals surface area (Å²) >= 11 is 4.08. The van der Waals surface area contributed by atoms with Gasteiger partial charge in [0, 0.05) is 0 Å². The number of nitrogens with zero attached hydrogens (tertiary/aromatic N) is 1. The Kier molecular flexibility index (Phi) is 7.72. The molecule has 5 heteroatoms. The van der Waals surface area contributed by atoms with Gasteiger partial charge in [-0.1, -0.05) is 11.6 Å². The first-order valence-corrected chi connectivity index (χ1v) is 3.45. The van der Waals surface area contributed by atoms with E-state index in [0.29, 0.717) is 0 Å². The van der Waals surface area contributed by atoms with E-state index in [1.807, 2.05) is 0 Å². The van der Waals surface area contributed by atoms with Gasteiger partial charge in [-0.3, -0.25) is 0 Å². The van der Waals surface area contributed by atoms with Crippen molar-refractivity contribution in [2.24, 2.45) is 0 Å². The molecular weight excluding hydrogens is 170 g/mol. The molecule has 0 radical (unpaired) electrons. The van der Waals surface area contributed by atoms with Crippen molar-refractivity contribution in [2.75, 3.05) is 34.3 Å². The monoisotopic (exact) mass is 183 g/mol. The second-order valence-electron chi connectivity index (χ2n) is 2.98. The van der Waals surface area contributed by atoms with Crippen molar-refractivity contribution in [3.8, 4) is 0 Å². The van der Waals surface area contributed by atoms with Crippen molar-refractivity contribution in [2.45, 2.75) is 0 Å². The third kappa shape index (κ3) is 42.2. The average molecular weight is 184 g/mol. The highest BCUT2D eigenvalue weighted by atomic mass is 35.5. The molecule has 0 heterocycles. The maximum atomic E-state index is 8.65. The molecule has 0 amide bonds. The van der Waals surface area contributed by atoms with Gasteiger partial charge in [0.15, 0.2) is 0 Å².